The van der Waals surface area contributed by atoms with Gasteiger partial charge < -0.3 is 24.3 Å². The van der Waals surface area contributed by atoms with Crippen LogP contribution in [0.1, 0.15) is 37.4 Å². The van der Waals surface area contributed by atoms with Gasteiger partial charge in [0.2, 0.25) is 0 Å². The molecule has 6 rings (SSSR count). The summed E-state index contributed by atoms with van der Waals surface area (Å²) in [5.41, 5.74) is 3.07. The maximum atomic E-state index is 13.8. The molecule has 236 valence electrons. The maximum absolute atomic E-state index is 13.8. The normalized spacial score (nSPS) is 18.9. The van der Waals surface area contributed by atoms with E-state index in [2.05, 4.69) is 59.5 Å². The van der Waals surface area contributed by atoms with Crippen molar-refractivity contribution in [3.8, 4) is 12.1 Å². The van der Waals surface area contributed by atoms with Crippen molar-refractivity contribution in [3.63, 3.8) is 0 Å². The van der Waals surface area contributed by atoms with E-state index in [0.717, 1.165) is 66.0 Å². The van der Waals surface area contributed by atoms with Crippen LogP contribution >= 0.6 is 11.6 Å². The van der Waals surface area contributed by atoms with E-state index in [1.165, 1.54) is 4.90 Å². The Morgan fingerprint density at radius 2 is 1.98 bits per heavy atom. The molecule has 2 aliphatic heterocycles. The highest BCUT2D eigenvalue weighted by Gasteiger charge is 2.44. The quantitative estimate of drug-likeness (QED) is 0.276. The van der Waals surface area contributed by atoms with Gasteiger partial charge in [0, 0.05) is 54.8 Å². The van der Waals surface area contributed by atoms with Crippen LogP contribution in [0.25, 0.3) is 10.8 Å². The third-order valence-corrected chi connectivity index (χ3v) is 9.72. The van der Waals surface area contributed by atoms with Crippen molar-refractivity contribution >= 4 is 39.8 Å². The highest BCUT2D eigenvalue weighted by atomic mass is 35.5. The van der Waals surface area contributed by atoms with Crippen LogP contribution in [-0.2, 0) is 17.8 Å². The number of nitriles is 1. The summed E-state index contributed by atoms with van der Waals surface area (Å²) < 4.78 is 20.2. The zero-order valence-corrected chi connectivity index (χ0v) is 26.7. The molecule has 1 saturated heterocycles. The first kappa shape index (κ1) is 31.1. The van der Waals surface area contributed by atoms with Crippen LogP contribution in [0.4, 0.5) is 15.9 Å². The second kappa shape index (κ2) is 12.8. The van der Waals surface area contributed by atoms with Gasteiger partial charge in [-0.15, -0.1) is 0 Å². The number of piperazine rings is 1. The van der Waals surface area contributed by atoms with E-state index in [-0.39, 0.29) is 18.4 Å². The third kappa shape index (κ3) is 6.42. The smallest absolute Gasteiger partial charge is 0.318 e. The van der Waals surface area contributed by atoms with E-state index in [1.807, 2.05) is 18.2 Å². The first-order valence-corrected chi connectivity index (χ1v) is 16.0. The monoisotopic (exact) mass is 631 g/mol. The molecule has 45 heavy (non-hydrogen) atoms. The predicted octanol–water partition coefficient (Wildman–Crippen LogP) is 5.37. The standard InChI is InChI=1S/C34H39ClFN7O2/c1-4-40(3)21-34(13-14-34)22-45-33-38-28-20-41(29-10-6-8-24-7-5-9-27(35)30(24)29)16-12-26(28)31(39-33)42-17-18-43(32(44)23(2)36)25(19-42)11-15-37/h5-10,25H,2,4,11-14,16-22H2,1,3H3/t25-/m0/s1. The summed E-state index contributed by atoms with van der Waals surface area (Å²) >= 11 is 6.70. The minimum atomic E-state index is -1.02. The molecule has 1 amide bonds. The minimum absolute atomic E-state index is 0.0786. The molecule has 3 heterocycles. The zero-order chi connectivity index (χ0) is 31.7. The SMILES string of the molecule is C=C(F)C(=O)N1CCN(c2nc(OCC3(CN(C)CC)CC3)nc3c2CCN(c2cccc4cccc(Cl)c24)C3)C[C@@H]1CC#N. The van der Waals surface area contributed by atoms with Crippen LogP contribution in [0.5, 0.6) is 6.01 Å². The molecule has 0 bridgehead atoms. The average molecular weight is 632 g/mol. The summed E-state index contributed by atoms with van der Waals surface area (Å²) in [4.78, 5) is 30.6. The fraction of sp³-hybridized carbons (Fsp3) is 0.471. The molecule has 2 aromatic carbocycles. The lowest BCUT2D eigenvalue weighted by Crippen LogP contribution is -2.55. The Bertz CT molecular complexity index is 1650. The average Bonchev–Trinajstić information content (AvgIpc) is 3.81. The summed E-state index contributed by atoms with van der Waals surface area (Å²) in [5.74, 6) is -1.02. The van der Waals surface area contributed by atoms with E-state index in [9.17, 15) is 14.4 Å². The fourth-order valence-corrected chi connectivity index (χ4v) is 6.92. The first-order chi connectivity index (χ1) is 21.7. The number of amides is 1. The highest BCUT2D eigenvalue weighted by molar-refractivity contribution is 6.36. The maximum Gasteiger partial charge on any atom is 0.318 e. The Hall–Kier alpha value is -3.94. The van der Waals surface area contributed by atoms with Gasteiger partial charge in [0.15, 0.2) is 5.83 Å². The summed E-state index contributed by atoms with van der Waals surface area (Å²) in [6.07, 6.45) is 2.99. The fourth-order valence-electron chi connectivity index (χ4n) is 6.64. The predicted molar refractivity (Wildman–Crippen MR) is 174 cm³/mol. The van der Waals surface area contributed by atoms with E-state index in [4.69, 9.17) is 26.3 Å². The van der Waals surface area contributed by atoms with Crippen molar-refractivity contribution in [2.75, 3.05) is 62.7 Å². The minimum Gasteiger partial charge on any atom is -0.463 e. The number of carbonyl (C=O) groups excluding carboxylic acids is 1. The molecule has 0 radical (unpaired) electrons. The Labute approximate surface area is 268 Å². The van der Waals surface area contributed by atoms with Crippen molar-refractivity contribution in [2.24, 2.45) is 5.41 Å². The number of aromatic nitrogens is 2. The van der Waals surface area contributed by atoms with Gasteiger partial charge in [-0.2, -0.15) is 15.2 Å². The largest absolute Gasteiger partial charge is 0.463 e. The molecule has 1 saturated carbocycles. The van der Waals surface area contributed by atoms with Crippen molar-refractivity contribution in [2.45, 2.75) is 45.2 Å². The number of hydrogen-bond acceptors (Lipinski definition) is 8. The molecule has 0 spiro atoms. The van der Waals surface area contributed by atoms with E-state index >= 15 is 0 Å². The van der Waals surface area contributed by atoms with Crippen molar-refractivity contribution in [1.29, 1.82) is 5.26 Å². The molecule has 9 nitrogen and oxygen atoms in total. The zero-order valence-electron chi connectivity index (χ0n) is 25.9. The summed E-state index contributed by atoms with van der Waals surface area (Å²) in [7, 11) is 2.13. The topological polar surface area (TPSA) is 88.8 Å². The van der Waals surface area contributed by atoms with Gasteiger partial charge in [0.1, 0.15) is 5.82 Å². The van der Waals surface area contributed by atoms with Gasteiger partial charge in [-0.25, -0.2) is 4.39 Å². The number of ether oxygens (including phenoxy) is 1. The van der Waals surface area contributed by atoms with Crippen LogP contribution in [0.2, 0.25) is 5.02 Å². The number of hydrogen-bond donors (Lipinski definition) is 0. The van der Waals surface area contributed by atoms with Crippen molar-refractivity contribution in [3.05, 3.63) is 65.1 Å². The molecule has 3 aliphatic rings. The lowest BCUT2D eigenvalue weighted by Gasteiger charge is -2.42. The molecule has 1 atom stereocenters. The highest BCUT2D eigenvalue weighted by Crippen LogP contribution is 2.46. The molecular weight excluding hydrogens is 593 g/mol. The first-order valence-electron chi connectivity index (χ1n) is 15.6. The van der Waals surface area contributed by atoms with Gasteiger partial charge in [-0.3, -0.25) is 4.79 Å². The van der Waals surface area contributed by atoms with E-state index in [0.29, 0.717) is 43.7 Å². The van der Waals surface area contributed by atoms with Gasteiger partial charge in [0.05, 0.1) is 42.4 Å². The van der Waals surface area contributed by atoms with Gasteiger partial charge in [0.25, 0.3) is 5.91 Å². The van der Waals surface area contributed by atoms with Crippen LogP contribution in [0.3, 0.4) is 0 Å². The number of nitrogens with zero attached hydrogens (tertiary/aromatic N) is 7. The van der Waals surface area contributed by atoms with Crippen molar-refractivity contribution < 1.29 is 13.9 Å². The molecule has 2 fully saturated rings. The molecule has 3 aromatic rings. The Balaban J connectivity index is 1.33. The molecule has 11 heteroatoms. The van der Waals surface area contributed by atoms with E-state index < -0.39 is 17.8 Å². The van der Waals surface area contributed by atoms with Crippen LogP contribution in [0, 0.1) is 16.7 Å². The summed E-state index contributed by atoms with van der Waals surface area (Å²) in [6, 6.07) is 14.2. The summed E-state index contributed by atoms with van der Waals surface area (Å²) in [6.45, 7) is 10.2. The molecule has 1 aliphatic carbocycles. The number of halogens is 2. The third-order valence-electron chi connectivity index (χ3n) is 9.41. The molecule has 1 aromatic heterocycles. The summed E-state index contributed by atoms with van der Waals surface area (Å²) in [5, 5.41) is 12.3. The van der Waals surface area contributed by atoms with Gasteiger partial charge >= 0.3 is 6.01 Å². The number of fused-ring (bicyclic) bond motifs is 2. The van der Waals surface area contributed by atoms with Crippen molar-refractivity contribution in [1.82, 2.24) is 19.8 Å². The second-order valence-corrected chi connectivity index (χ2v) is 12.9. The number of anilines is 2. The van der Waals surface area contributed by atoms with Gasteiger partial charge in [-0.05, 0) is 50.4 Å². The Morgan fingerprint density at radius 3 is 2.69 bits per heavy atom. The molecule has 0 unspecified atom stereocenters. The van der Waals surface area contributed by atoms with E-state index in [1.54, 1.807) is 0 Å². The van der Waals surface area contributed by atoms with Crippen LogP contribution in [0.15, 0.2) is 48.8 Å². The number of benzene rings is 2. The number of rotatable bonds is 10. The number of carbonyl (C=O) groups is 1. The molecular formula is C34H39ClFN7O2. The second-order valence-electron chi connectivity index (χ2n) is 12.5. The lowest BCUT2D eigenvalue weighted by atomic mass is 10.0. The lowest BCUT2D eigenvalue weighted by molar-refractivity contribution is -0.131. The van der Waals surface area contributed by atoms with Gasteiger partial charge in [-0.1, -0.05) is 49.4 Å². The van der Waals surface area contributed by atoms with Crippen LogP contribution in [-0.4, -0.2) is 84.6 Å². The van der Waals surface area contributed by atoms with Crippen LogP contribution < -0.4 is 14.5 Å². The Kier molecular flexibility index (Phi) is 8.85. The molecule has 0 N–H and O–H groups in total. The Morgan fingerprint density at radius 1 is 1.20 bits per heavy atom.